The van der Waals surface area contributed by atoms with Crippen molar-refractivity contribution in [2.45, 2.75) is 44.7 Å². The standard InChI is InChI=1S/C17H21Cl2N/c18-15-2-1-12(16(19)8-15)9-20-17-13-4-10-3-11(6-13)7-14(17)5-10/h1-2,8,10-11,13-14,17,20H,3-7,9H2/p+1. The van der Waals surface area contributed by atoms with Crippen LogP contribution in [-0.4, -0.2) is 6.04 Å². The third-order valence-corrected chi connectivity index (χ3v) is 6.51. The normalized spacial score (nSPS) is 38.4. The Morgan fingerprint density at radius 3 is 2.20 bits per heavy atom. The monoisotopic (exact) mass is 310 g/mol. The maximum Gasteiger partial charge on any atom is 0.103 e. The molecule has 0 heterocycles. The van der Waals surface area contributed by atoms with Crippen molar-refractivity contribution < 1.29 is 5.32 Å². The van der Waals surface area contributed by atoms with Gasteiger partial charge < -0.3 is 5.32 Å². The summed E-state index contributed by atoms with van der Waals surface area (Å²) in [5, 5.41) is 4.12. The molecule has 0 radical (unpaired) electrons. The van der Waals surface area contributed by atoms with Crippen LogP contribution in [0.4, 0.5) is 0 Å². The molecule has 0 atom stereocenters. The van der Waals surface area contributed by atoms with Gasteiger partial charge in [-0.2, -0.15) is 0 Å². The van der Waals surface area contributed by atoms with Crippen molar-refractivity contribution >= 4 is 23.2 Å². The number of halogens is 2. The molecule has 2 N–H and O–H groups in total. The minimum Gasteiger partial charge on any atom is -0.340 e. The third kappa shape index (κ3) is 2.38. The highest BCUT2D eigenvalue weighted by molar-refractivity contribution is 6.35. The highest BCUT2D eigenvalue weighted by Crippen LogP contribution is 2.52. The summed E-state index contributed by atoms with van der Waals surface area (Å²) in [7, 11) is 0. The topological polar surface area (TPSA) is 16.6 Å². The zero-order valence-corrected chi connectivity index (χ0v) is 13.2. The smallest absolute Gasteiger partial charge is 0.103 e. The summed E-state index contributed by atoms with van der Waals surface area (Å²) in [4.78, 5) is 0. The highest BCUT2D eigenvalue weighted by Gasteiger charge is 2.50. The van der Waals surface area contributed by atoms with E-state index in [0.717, 1.165) is 46.3 Å². The molecule has 0 aromatic heterocycles. The molecule has 108 valence electrons. The molecule has 5 rings (SSSR count). The number of benzene rings is 1. The van der Waals surface area contributed by atoms with Gasteiger partial charge in [0.1, 0.15) is 6.54 Å². The Bertz CT molecular complexity index is 486. The van der Waals surface area contributed by atoms with E-state index in [-0.39, 0.29) is 0 Å². The molecule has 0 unspecified atom stereocenters. The van der Waals surface area contributed by atoms with Crippen LogP contribution in [0.25, 0.3) is 0 Å². The summed E-state index contributed by atoms with van der Waals surface area (Å²) in [5.41, 5.74) is 1.23. The lowest BCUT2D eigenvalue weighted by atomic mass is 9.54. The van der Waals surface area contributed by atoms with Crippen molar-refractivity contribution in [1.82, 2.24) is 0 Å². The second kappa shape index (κ2) is 5.19. The van der Waals surface area contributed by atoms with E-state index in [4.69, 9.17) is 23.2 Å². The minimum absolute atomic E-state index is 0.730. The van der Waals surface area contributed by atoms with Crippen molar-refractivity contribution in [3.63, 3.8) is 0 Å². The molecular weight excluding hydrogens is 289 g/mol. The molecule has 0 aliphatic heterocycles. The van der Waals surface area contributed by atoms with Gasteiger partial charge in [-0.25, -0.2) is 0 Å². The molecule has 4 bridgehead atoms. The average Bonchev–Trinajstić information content (AvgIpc) is 2.39. The molecule has 3 heteroatoms. The van der Waals surface area contributed by atoms with Crippen molar-refractivity contribution in [1.29, 1.82) is 0 Å². The van der Waals surface area contributed by atoms with E-state index in [1.807, 2.05) is 12.1 Å². The summed E-state index contributed by atoms with van der Waals surface area (Å²) in [6, 6.07) is 6.74. The van der Waals surface area contributed by atoms with Gasteiger partial charge in [0.05, 0.1) is 11.1 Å². The first kappa shape index (κ1) is 13.4. The first-order valence-corrected chi connectivity index (χ1v) is 8.72. The third-order valence-electron chi connectivity index (χ3n) is 5.92. The Hall–Kier alpha value is -0.240. The summed E-state index contributed by atoms with van der Waals surface area (Å²) < 4.78 is 0. The van der Waals surface area contributed by atoms with E-state index in [2.05, 4.69) is 11.4 Å². The van der Waals surface area contributed by atoms with Crippen LogP contribution in [0, 0.1) is 23.7 Å². The number of hydrogen-bond acceptors (Lipinski definition) is 0. The molecule has 20 heavy (non-hydrogen) atoms. The molecule has 4 aliphatic rings. The lowest BCUT2D eigenvalue weighted by Gasteiger charge is -2.52. The number of rotatable bonds is 3. The molecular formula is C17H22Cl2N+. The van der Waals surface area contributed by atoms with Crippen LogP contribution in [0.5, 0.6) is 0 Å². The van der Waals surface area contributed by atoms with Crippen LogP contribution >= 0.6 is 23.2 Å². The van der Waals surface area contributed by atoms with Gasteiger partial charge in [-0.3, -0.25) is 0 Å². The molecule has 1 aromatic rings. The fourth-order valence-corrected chi connectivity index (χ4v) is 5.79. The van der Waals surface area contributed by atoms with Crippen LogP contribution in [0.3, 0.4) is 0 Å². The molecule has 4 saturated carbocycles. The number of quaternary nitrogens is 1. The van der Waals surface area contributed by atoms with Crippen LogP contribution in [0.2, 0.25) is 10.0 Å². The average molecular weight is 311 g/mol. The van der Waals surface area contributed by atoms with Gasteiger partial charge in [-0.1, -0.05) is 29.3 Å². The van der Waals surface area contributed by atoms with Gasteiger partial charge in [-0.15, -0.1) is 0 Å². The van der Waals surface area contributed by atoms with Gasteiger partial charge >= 0.3 is 0 Å². The summed E-state index contributed by atoms with van der Waals surface area (Å²) in [6.45, 7) is 1.00. The molecule has 4 aliphatic carbocycles. The summed E-state index contributed by atoms with van der Waals surface area (Å²) >= 11 is 12.3. The van der Waals surface area contributed by atoms with E-state index in [1.54, 1.807) is 0 Å². The Morgan fingerprint density at radius 1 is 0.950 bits per heavy atom. The van der Waals surface area contributed by atoms with E-state index in [1.165, 1.54) is 37.7 Å². The lowest BCUT2D eigenvalue weighted by molar-refractivity contribution is -0.723. The fraction of sp³-hybridized carbons (Fsp3) is 0.647. The predicted molar refractivity (Wildman–Crippen MR) is 82.9 cm³/mol. The molecule has 0 amide bonds. The zero-order valence-electron chi connectivity index (χ0n) is 11.7. The molecule has 0 spiro atoms. The van der Waals surface area contributed by atoms with Crippen LogP contribution in [-0.2, 0) is 6.54 Å². The van der Waals surface area contributed by atoms with Crippen molar-refractivity contribution in [2.24, 2.45) is 23.7 Å². The van der Waals surface area contributed by atoms with Gasteiger partial charge in [0.2, 0.25) is 0 Å². The highest BCUT2D eigenvalue weighted by atomic mass is 35.5. The maximum absolute atomic E-state index is 6.29. The lowest BCUT2D eigenvalue weighted by Crippen LogP contribution is -2.93. The fourth-order valence-electron chi connectivity index (χ4n) is 5.30. The number of hydrogen-bond donors (Lipinski definition) is 1. The van der Waals surface area contributed by atoms with Crippen molar-refractivity contribution in [2.75, 3.05) is 0 Å². The van der Waals surface area contributed by atoms with E-state index >= 15 is 0 Å². The van der Waals surface area contributed by atoms with E-state index < -0.39 is 0 Å². The summed E-state index contributed by atoms with van der Waals surface area (Å²) in [6.07, 6.45) is 7.48. The molecule has 1 aromatic carbocycles. The molecule has 4 fully saturated rings. The van der Waals surface area contributed by atoms with Gasteiger partial charge in [-0.05, 0) is 56.1 Å². The second-order valence-corrected chi connectivity index (χ2v) is 8.03. The number of nitrogens with two attached hydrogens (primary N) is 1. The largest absolute Gasteiger partial charge is 0.340 e. The zero-order chi connectivity index (χ0) is 13.7. The SMILES string of the molecule is Clc1ccc(C[NH2+]C2C3CC4CC(C3)CC2C4)c(Cl)c1. The van der Waals surface area contributed by atoms with Crippen LogP contribution in [0.1, 0.15) is 37.7 Å². The molecule has 0 saturated heterocycles. The first-order valence-electron chi connectivity index (χ1n) is 7.96. The maximum atomic E-state index is 6.29. The Morgan fingerprint density at radius 2 is 1.60 bits per heavy atom. The second-order valence-electron chi connectivity index (χ2n) is 7.18. The van der Waals surface area contributed by atoms with Gasteiger partial charge in [0.25, 0.3) is 0 Å². The first-order chi connectivity index (χ1) is 9.69. The molecule has 1 nitrogen and oxygen atoms in total. The summed E-state index contributed by atoms with van der Waals surface area (Å²) in [5.74, 6) is 4.05. The van der Waals surface area contributed by atoms with Crippen LogP contribution in [0.15, 0.2) is 18.2 Å². The minimum atomic E-state index is 0.730. The van der Waals surface area contributed by atoms with Gasteiger partial charge in [0, 0.05) is 22.4 Å². The Labute approximate surface area is 131 Å². The predicted octanol–water partition coefficient (Wildman–Crippen LogP) is 3.88. The van der Waals surface area contributed by atoms with Gasteiger partial charge in [0.15, 0.2) is 0 Å². The van der Waals surface area contributed by atoms with Crippen LogP contribution < -0.4 is 5.32 Å². The van der Waals surface area contributed by atoms with Crippen molar-refractivity contribution in [3.8, 4) is 0 Å². The Kier molecular flexibility index (Phi) is 3.48. The van der Waals surface area contributed by atoms with E-state index in [0.29, 0.717) is 0 Å². The van der Waals surface area contributed by atoms with E-state index in [9.17, 15) is 0 Å². The Balaban J connectivity index is 1.44. The van der Waals surface area contributed by atoms with Crippen molar-refractivity contribution in [3.05, 3.63) is 33.8 Å². The quantitative estimate of drug-likeness (QED) is 0.872.